The predicted octanol–water partition coefficient (Wildman–Crippen LogP) is 6.38. The summed E-state index contributed by atoms with van der Waals surface area (Å²) in [5.41, 5.74) is 5.34. The summed E-state index contributed by atoms with van der Waals surface area (Å²) in [5.74, 6) is 1.28. The Labute approximate surface area is 213 Å². The topological polar surface area (TPSA) is 38.8 Å². The van der Waals surface area contributed by atoms with Crippen molar-refractivity contribution in [3.63, 3.8) is 0 Å². The quantitative estimate of drug-likeness (QED) is 0.310. The summed E-state index contributed by atoms with van der Waals surface area (Å²) in [6.45, 7) is 3.13. The molecule has 1 aliphatic rings. The average molecular weight is 478 g/mol. The van der Waals surface area contributed by atoms with Crippen LogP contribution in [0.5, 0.6) is 11.5 Å². The third kappa shape index (κ3) is 4.85. The molecule has 4 nitrogen and oxygen atoms in total. The Balaban J connectivity index is 1.45. The van der Waals surface area contributed by atoms with E-state index in [1.54, 1.807) is 7.11 Å². The number of carbonyl (C=O) groups is 1. The Bertz CT molecular complexity index is 1270. The van der Waals surface area contributed by atoms with Crippen LogP contribution < -0.4 is 9.47 Å². The molecular formula is C32H31NO3. The molecule has 4 aromatic rings. The third-order valence-electron chi connectivity index (χ3n) is 6.94. The van der Waals surface area contributed by atoms with Crippen LogP contribution in [-0.4, -0.2) is 24.0 Å². The second kappa shape index (κ2) is 10.7. The SMILES string of the molecule is COc1ccc2c(c1OCc1ccccc1)C[C@@H](C)N(C(=O)C(c1ccccc1)c1ccccc1)C2. The normalized spacial score (nSPS) is 14.9. The fourth-order valence-corrected chi connectivity index (χ4v) is 5.04. The maximum absolute atomic E-state index is 14.1. The molecule has 182 valence electrons. The number of hydrogen-bond donors (Lipinski definition) is 0. The van der Waals surface area contributed by atoms with Crippen LogP contribution in [0.2, 0.25) is 0 Å². The molecule has 0 saturated heterocycles. The fraction of sp³-hybridized carbons (Fsp3) is 0.219. The molecule has 1 heterocycles. The highest BCUT2D eigenvalue weighted by Crippen LogP contribution is 2.40. The van der Waals surface area contributed by atoms with E-state index in [-0.39, 0.29) is 17.9 Å². The first kappa shape index (κ1) is 23.7. The standard InChI is InChI=1S/C32H31NO3/c1-23-20-28-27(18-19-29(35-2)31(28)36-22-24-12-6-3-7-13-24)21-33(23)32(34)30(25-14-8-4-9-15-25)26-16-10-5-11-17-26/h3-19,23,30H,20-22H2,1-2H3/t23-/m1/s1. The molecule has 0 N–H and O–H groups in total. The van der Waals surface area contributed by atoms with Gasteiger partial charge in [0.15, 0.2) is 11.5 Å². The first-order valence-corrected chi connectivity index (χ1v) is 12.4. The van der Waals surface area contributed by atoms with E-state index in [1.807, 2.05) is 89.8 Å². The van der Waals surface area contributed by atoms with Crippen LogP contribution in [0.15, 0.2) is 103 Å². The number of carbonyl (C=O) groups excluding carboxylic acids is 1. The van der Waals surface area contributed by atoms with E-state index >= 15 is 0 Å². The molecule has 36 heavy (non-hydrogen) atoms. The molecule has 0 aromatic heterocycles. The molecule has 1 amide bonds. The fourth-order valence-electron chi connectivity index (χ4n) is 5.04. The number of methoxy groups -OCH3 is 1. The first-order chi connectivity index (χ1) is 17.7. The average Bonchev–Trinajstić information content (AvgIpc) is 2.93. The van der Waals surface area contributed by atoms with Gasteiger partial charge in [-0.3, -0.25) is 4.79 Å². The third-order valence-corrected chi connectivity index (χ3v) is 6.94. The summed E-state index contributed by atoms with van der Waals surface area (Å²) in [6.07, 6.45) is 0.707. The molecule has 0 aliphatic carbocycles. The number of benzene rings is 4. The van der Waals surface area contributed by atoms with E-state index in [0.29, 0.717) is 19.6 Å². The Hall–Kier alpha value is -4.05. The second-order valence-electron chi connectivity index (χ2n) is 9.28. The Morgan fingerprint density at radius 2 is 1.44 bits per heavy atom. The summed E-state index contributed by atoms with van der Waals surface area (Å²) < 4.78 is 12.0. The van der Waals surface area contributed by atoms with Gasteiger partial charge in [-0.15, -0.1) is 0 Å². The van der Waals surface area contributed by atoms with Crippen LogP contribution in [-0.2, 0) is 24.4 Å². The van der Waals surface area contributed by atoms with Gasteiger partial charge in [0.2, 0.25) is 5.91 Å². The van der Waals surface area contributed by atoms with Gasteiger partial charge in [0.25, 0.3) is 0 Å². The van der Waals surface area contributed by atoms with Gasteiger partial charge < -0.3 is 14.4 Å². The Morgan fingerprint density at radius 3 is 2.03 bits per heavy atom. The zero-order chi connectivity index (χ0) is 24.9. The minimum Gasteiger partial charge on any atom is -0.493 e. The van der Waals surface area contributed by atoms with Crippen molar-refractivity contribution in [1.82, 2.24) is 4.90 Å². The van der Waals surface area contributed by atoms with Gasteiger partial charge in [-0.25, -0.2) is 0 Å². The van der Waals surface area contributed by atoms with Gasteiger partial charge in [0, 0.05) is 18.2 Å². The van der Waals surface area contributed by atoms with Crippen molar-refractivity contribution >= 4 is 5.91 Å². The first-order valence-electron chi connectivity index (χ1n) is 12.4. The van der Waals surface area contributed by atoms with E-state index in [0.717, 1.165) is 39.3 Å². The van der Waals surface area contributed by atoms with Crippen LogP contribution in [0.3, 0.4) is 0 Å². The molecular weight excluding hydrogens is 446 g/mol. The van der Waals surface area contributed by atoms with Crippen LogP contribution in [0.4, 0.5) is 0 Å². The molecule has 0 radical (unpaired) electrons. The summed E-state index contributed by atoms with van der Waals surface area (Å²) in [4.78, 5) is 16.1. The molecule has 4 heteroatoms. The summed E-state index contributed by atoms with van der Waals surface area (Å²) in [7, 11) is 1.67. The van der Waals surface area contributed by atoms with Gasteiger partial charge in [0.1, 0.15) is 6.61 Å². The maximum atomic E-state index is 14.1. The van der Waals surface area contributed by atoms with E-state index in [9.17, 15) is 4.79 Å². The smallest absolute Gasteiger partial charge is 0.235 e. The van der Waals surface area contributed by atoms with Crippen molar-refractivity contribution in [3.8, 4) is 11.5 Å². The van der Waals surface area contributed by atoms with Crippen molar-refractivity contribution in [2.75, 3.05) is 7.11 Å². The highest BCUT2D eigenvalue weighted by Gasteiger charge is 2.35. The number of rotatable bonds is 7. The molecule has 1 aliphatic heterocycles. The molecule has 1 atom stereocenters. The van der Waals surface area contributed by atoms with Gasteiger partial charge >= 0.3 is 0 Å². The lowest BCUT2D eigenvalue weighted by Crippen LogP contribution is -2.45. The number of ether oxygens (including phenoxy) is 2. The molecule has 4 aromatic carbocycles. The lowest BCUT2D eigenvalue weighted by Gasteiger charge is -2.38. The number of amides is 1. The van der Waals surface area contributed by atoms with Crippen molar-refractivity contribution in [2.45, 2.75) is 38.5 Å². The molecule has 0 fully saturated rings. The maximum Gasteiger partial charge on any atom is 0.235 e. The zero-order valence-electron chi connectivity index (χ0n) is 20.8. The van der Waals surface area contributed by atoms with Crippen LogP contribution >= 0.6 is 0 Å². The van der Waals surface area contributed by atoms with Crippen molar-refractivity contribution in [3.05, 3.63) is 131 Å². The van der Waals surface area contributed by atoms with Gasteiger partial charge in [-0.05, 0) is 41.7 Å². The Morgan fingerprint density at radius 1 is 0.861 bits per heavy atom. The molecule has 0 bridgehead atoms. The second-order valence-corrected chi connectivity index (χ2v) is 9.28. The van der Waals surface area contributed by atoms with Crippen molar-refractivity contribution in [2.24, 2.45) is 0 Å². The van der Waals surface area contributed by atoms with Crippen molar-refractivity contribution < 1.29 is 14.3 Å². The van der Waals surface area contributed by atoms with E-state index in [2.05, 4.69) is 25.1 Å². The highest BCUT2D eigenvalue weighted by molar-refractivity contribution is 5.87. The molecule has 0 spiro atoms. The minimum atomic E-state index is -0.344. The minimum absolute atomic E-state index is 0.0195. The summed E-state index contributed by atoms with van der Waals surface area (Å²) in [6, 6.07) is 34.3. The number of fused-ring (bicyclic) bond motifs is 1. The molecule has 0 unspecified atom stereocenters. The van der Waals surface area contributed by atoms with Crippen LogP contribution in [0, 0.1) is 0 Å². The van der Waals surface area contributed by atoms with Crippen molar-refractivity contribution in [1.29, 1.82) is 0 Å². The van der Waals surface area contributed by atoms with Gasteiger partial charge in [-0.1, -0.05) is 97.1 Å². The van der Waals surface area contributed by atoms with Gasteiger partial charge in [-0.2, -0.15) is 0 Å². The van der Waals surface area contributed by atoms with Gasteiger partial charge in [0.05, 0.1) is 13.0 Å². The Kier molecular flexibility index (Phi) is 7.03. The number of nitrogens with zero attached hydrogens (tertiary/aromatic N) is 1. The van der Waals surface area contributed by atoms with E-state index in [4.69, 9.17) is 9.47 Å². The summed E-state index contributed by atoms with van der Waals surface area (Å²) in [5, 5.41) is 0. The van der Waals surface area contributed by atoms with E-state index in [1.165, 1.54) is 0 Å². The lowest BCUT2D eigenvalue weighted by atomic mass is 9.87. The van der Waals surface area contributed by atoms with Crippen LogP contribution in [0.1, 0.15) is 40.7 Å². The lowest BCUT2D eigenvalue weighted by molar-refractivity contribution is -0.135. The highest BCUT2D eigenvalue weighted by atomic mass is 16.5. The van der Waals surface area contributed by atoms with E-state index < -0.39 is 0 Å². The zero-order valence-corrected chi connectivity index (χ0v) is 20.8. The summed E-state index contributed by atoms with van der Waals surface area (Å²) >= 11 is 0. The molecule has 0 saturated carbocycles. The predicted molar refractivity (Wildman–Crippen MR) is 142 cm³/mol. The molecule has 5 rings (SSSR count). The number of hydrogen-bond acceptors (Lipinski definition) is 3. The van der Waals surface area contributed by atoms with Crippen LogP contribution in [0.25, 0.3) is 0 Å². The monoisotopic (exact) mass is 477 g/mol. The largest absolute Gasteiger partial charge is 0.493 e.